The number of nitrogens with zero attached hydrogens (tertiary/aromatic N) is 1. The summed E-state index contributed by atoms with van der Waals surface area (Å²) < 4.78 is 0. The van der Waals surface area contributed by atoms with Crippen LogP contribution in [0.15, 0.2) is 11.4 Å². The molecule has 18 heavy (non-hydrogen) atoms. The van der Waals surface area contributed by atoms with E-state index in [2.05, 4.69) is 19.9 Å². The molecule has 0 radical (unpaired) electrons. The van der Waals surface area contributed by atoms with E-state index in [4.69, 9.17) is 5.73 Å². The molecule has 0 saturated carbocycles. The second-order valence-electron chi connectivity index (χ2n) is 5.15. The van der Waals surface area contributed by atoms with E-state index in [1.807, 2.05) is 10.3 Å². The van der Waals surface area contributed by atoms with Crippen LogP contribution in [0.3, 0.4) is 0 Å². The molecule has 1 fully saturated rings. The van der Waals surface area contributed by atoms with Crippen LogP contribution >= 0.6 is 11.3 Å². The number of thiophene rings is 1. The van der Waals surface area contributed by atoms with Crippen molar-refractivity contribution in [2.24, 2.45) is 11.7 Å². The fourth-order valence-corrected chi connectivity index (χ4v) is 3.62. The molecule has 2 rings (SSSR count). The maximum atomic E-state index is 12.6. The predicted octanol–water partition coefficient (Wildman–Crippen LogP) is 2.51. The number of carbonyl (C=O) groups excluding carboxylic acids is 1. The summed E-state index contributed by atoms with van der Waals surface area (Å²) in [6, 6.07) is 2.27. The van der Waals surface area contributed by atoms with Crippen molar-refractivity contribution in [2.75, 3.05) is 13.1 Å². The van der Waals surface area contributed by atoms with Crippen molar-refractivity contribution in [3.05, 3.63) is 21.9 Å². The molecule has 2 atom stereocenters. The largest absolute Gasteiger partial charge is 0.334 e. The fourth-order valence-electron chi connectivity index (χ4n) is 2.67. The number of rotatable bonds is 3. The van der Waals surface area contributed by atoms with Crippen LogP contribution in [-0.4, -0.2) is 29.9 Å². The summed E-state index contributed by atoms with van der Waals surface area (Å²) in [6.45, 7) is 5.76. The molecular formula is C14H22N2OS. The number of hydrogen-bond acceptors (Lipinski definition) is 3. The minimum absolute atomic E-state index is 0.184. The van der Waals surface area contributed by atoms with Crippen LogP contribution in [0.1, 0.15) is 41.9 Å². The third kappa shape index (κ3) is 2.59. The van der Waals surface area contributed by atoms with Gasteiger partial charge in [0, 0.05) is 19.1 Å². The normalized spacial score (nSPS) is 24.3. The molecule has 1 aliphatic rings. The Morgan fingerprint density at radius 2 is 2.39 bits per heavy atom. The zero-order valence-electron chi connectivity index (χ0n) is 11.2. The summed E-state index contributed by atoms with van der Waals surface area (Å²) in [4.78, 5) is 15.5. The van der Waals surface area contributed by atoms with Gasteiger partial charge in [-0.1, -0.05) is 13.8 Å². The van der Waals surface area contributed by atoms with Gasteiger partial charge in [-0.05, 0) is 42.2 Å². The predicted molar refractivity (Wildman–Crippen MR) is 76.0 cm³/mol. The average molecular weight is 266 g/mol. The number of carbonyl (C=O) groups is 1. The summed E-state index contributed by atoms with van der Waals surface area (Å²) in [6.07, 6.45) is 3.05. The van der Waals surface area contributed by atoms with Gasteiger partial charge in [0.15, 0.2) is 0 Å². The van der Waals surface area contributed by atoms with Gasteiger partial charge in [-0.25, -0.2) is 0 Å². The van der Waals surface area contributed by atoms with E-state index in [1.165, 1.54) is 5.56 Å². The SMILES string of the molecule is CCc1ccsc1C(=O)N1CCC(C)CC1CN. The first-order valence-corrected chi connectivity index (χ1v) is 7.62. The number of hydrogen-bond donors (Lipinski definition) is 1. The molecule has 2 unspecified atom stereocenters. The second kappa shape index (κ2) is 5.85. The summed E-state index contributed by atoms with van der Waals surface area (Å²) in [5, 5.41) is 2.01. The van der Waals surface area contributed by atoms with Crippen molar-refractivity contribution in [3.8, 4) is 0 Å². The molecule has 2 N–H and O–H groups in total. The Kier molecular flexibility index (Phi) is 4.40. The third-order valence-electron chi connectivity index (χ3n) is 3.83. The summed E-state index contributed by atoms with van der Waals surface area (Å²) in [5.41, 5.74) is 6.99. The third-order valence-corrected chi connectivity index (χ3v) is 4.78. The molecule has 3 nitrogen and oxygen atoms in total. The van der Waals surface area contributed by atoms with E-state index in [9.17, 15) is 4.79 Å². The molecule has 2 heterocycles. The lowest BCUT2D eigenvalue weighted by Crippen LogP contribution is -2.49. The van der Waals surface area contributed by atoms with E-state index >= 15 is 0 Å². The van der Waals surface area contributed by atoms with E-state index in [0.29, 0.717) is 12.5 Å². The van der Waals surface area contributed by atoms with Crippen LogP contribution in [0, 0.1) is 5.92 Å². The first-order chi connectivity index (χ1) is 8.67. The van der Waals surface area contributed by atoms with Crippen LogP contribution in [0.5, 0.6) is 0 Å². The van der Waals surface area contributed by atoms with Crippen molar-refractivity contribution in [2.45, 2.75) is 39.2 Å². The maximum Gasteiger partial charge on any atom is 0.264 e. The lowest BCUT2D eigenvalue weighted by Gasteiger charge is -2.38. The topological polar surface area (TPSA) is 46.3 Å². The average Bonchev–Trinajstić information content (AvgIpc) is 2.86. The summed E-state index contributed by atoms with van der Waals surface area (Å²) in [5.74, 6) is 0.862. The van der Waals surface area contributed by atoms with Crippen molar-refractivity contribution in [1.29, 1.82) is 0 Å². The van der Waals surface area contributed by atoms with E-state index in [-0.39, 0.29) is 11.9 Å². The lowest BCUT2D eigenvalue weighted by molar-refractivity contribution is 0.0577. The zero-order valence-corrected chi connectivity index (χ0v) is 12.0. The van der Waals surface area contributed by atoms with Gasteiger partial charge in [0.05, 0.1) is 4.88 Å². The number of nitrogens with two attached hydrogens (primary N) is 1. The molecule has 1 amide bonds. The van der Waals surface area contributed by atoms with Gasteiger partial charge in [-0.15, -0.1) is 11.3 Å². The van der Waals surface area contributed by atoms with Crippen LogP contribution in [-0.2, 0) is 6.42 Å². The van der Waals surface area contributed by atoms with Crippen molar-refractivity contribution >= 4 is 17.2 Å². The Morgan fingerprint density at radius 1 is 1.61 bits per heavy atom. The van der Waals surface area contributed by atoms with Crippen LogP contribution in [0.2, 0.25) is 0 Å². The molecule has 4 heteroatoms. The Hall–Kier alpha value is -0.870. The van der Waals surface area contributed by atoms with Crippen molar-refractivity contribution in [1.82, 2.24) is 4.90 Å². The van der Waals surface area contributed by atoms with Gasteiger partial charge in [-0.2, -0.15) is 0 Å². The molecule has 1 saturated heterocycles. The molecule has 1 aliphatic heterocycles. The van der Waals surface area contributed by atoms with Gasteiger partial charge >= 0.3 is 0 Å². The first-order valence-electron chi connectivity index (χ1n) is 6.74. The number of amides is 1. The number of likely N-dealkylation sites (tertiary alicyclic amines) is 1. The second-order valence-corrected chi connectivity index (χ2v) is 6.06. The molecule has 0 bridgehead atoms. The highest BCUT2D eigenvalue weighted by Gasteiger charge is 2.30. The van der Waals surface area contributed by atoms with Gasteiger partial charge < -0.3 is 10.6 Å². The molecule has 100 valence electrons. The summed E-state index contributed by atoms with van der Waals surface area (Å²) in [7, 11) is 0. The van der Waals surface area contributed by atoms with Gasteiger partial charge in [0.2, 0.25) is 0 Å². The van der Waals surface area contributed by atoms with Crippen LogP contribution in [0.4, 0.5) is 0 Å². The fraction of sp³-hybridized carbons (Fsp3) is 0.643. The van der Waals surface area contributed by atoms with E-state index < -0.39 is 0 Å². The van der Waals surface area contributed by atoms with Gasteiger partial charge in [-0.3, -0.25) is 4.79 Å². The highest BCUT2D eigenvalue weighted by molar-refractivity contribution is 7.12. The summed E-state index contributed by atoms with van der Waals surface area (Å²) >= 11 is 1.56. The lowest BCUT2D eigenvalue weighted by atomic mass is 9.92. The van der Waals surface area contributed by atoms with E-state index in [1.54, 1.807) is 11.3 Å². The van der Waals surface area contributed by atoms with Crippen molar-refractivity contribution < 1.29 is 4.79 Å². The Labute approximate surface area is 113 Å². The van der Waals surface area contributed by atoms with Crippen LogP contribution in [0.25, 0.3) is 0 Å². The smallest absolute Gasteiger partial charge is 0.264 e. The minimum Gasteiger partial charge on any atom is -0.334 e. The molecular weight excluding hydrogens is 244 g/mol. The first kappa shape index (κ1) is 13.6. The standard InChI is InChI=1S/C14H22N2OS/c1-3-11-5-7-18-13(11)14(17)16-6-4-10(2)8-12(16)9-15/h5,7,10,12H,3-4,6,8-9,15H2,1-2H3. The highest BCUT2D eigenvalue weighted by Crippen LogP contribution is 2.26. The number of aryl methyl sites for hydroxylation is 1. The zero-order chi connectivity index (χ0) is 13.1. The molecule has 0 aromatic carbocycles. The molecule has 0 aliphatic carbocycles. The number of piperidine rings is 1. The molecule has 0 spiro atoms. The molecule has 1 aromatic heterocycles. The minimum atomic E-state index is 0.184. The van der Waals surface area contributed by atoms with Crippen molar-refractivity contribution in [3.63, 3.8) is 0 Å². The maximum absolute atomic E-state index is 12.6. The molecule has 1 aromatic rings. The quantitative estimate of drug-likeness (QED) is 0.913. The van der Waals surface area contributed by atoms with E-state index in [0.717, 1.165) is 30.7 Å². The van der Waals surface area contributed by atoms with Gasteiger partial charge in [0.1, 0.15) is 0 Å². The monoisotopic (exact) mass is 266 g/mol. The highest BCUT2D eigenvalue weighted by atomic mass is 32.1. The Morgan fingerprint density at radius 3 is 3.06 bits per heavy atom. The van der Waals surface area contributed by atoms with Gasteiger partial charge in [0.25, 0.3) is 5.91 Å². The Balaban J connectivity index is 2.17. The Bertz CT molecular complexity index is 416. The van der Waals surface area contributed by atoms with Crippen LogP contribution < -0.4 is 5.73 Å².